The van der Waals surface area contributed by atoms with Gasteiger partial charge in [-0.1, -0.05) is 0 Å². The monoisotopic (exact) mass is 315 g/mol. The molecule has 3 rings (SSSR count). The van der Waals surface area contributed by atoms with Gasteiger partial charge in [-0.05, 0) is 37.3 Å². The fraction of sp³-hybridized carbons (Fsp3) is 0.312. The minimum absolute atomic E-state index is 0.0195. The highest BCUT2D eigenvalue weighted by Gasteiger charge is 2.33. The zero-order valence-electron chi connectivity index (χ0n) is 12.7. The molecule has 1 unspecified atom stereocenters. The van der Waals surface area contributed by atoms with Crippen LogP contribution in [-0.2, 0) is 9.53 Å². The van der Waals surface area contributed by atoms with Crippen molar-refractivity contribution >= 4 is 11.9 Å². The number of carboxylic acids is 1. The quantitative estimate of drug-likeness (QED) is 0.917. The van der Waals surface area contributed by atoms with Crippen molar-refractivity contribution in [3.05, 3.63) is 47.8 Å². The third-order valence-corrected chi connectivity index (χ3v) is 3.87. The molecule has 0 saturated carbocycles. The molecule has 23 heavy (non-hydrogen) atoms. The Balaban J connectivity index is 1.82. The summed E-state index contributed by atoms with van der Waals surface area (Å²) in [5.41, 5.74) is 2.29. The summed E-state index contributed by atoms with van der Waals surface area (Å²) in [7, 11) is 0. The van der Waals surface area contributed by atoms with Crippen LogP contribution in [0.3, 0.4) is 0 Å². The Kier molecular flexibility index (Phi) is 4.12. The number of carbonyl (C=O) groups is 2. The number of ether oxygens (including phenoxy) is 1. The summed E-state index contributed by atoms with van der Waals surface area (Å²) in [5.74, 6) is -1.36. The van der Waals surface area contributed by atoms with Crippen molar-refractivity contribution in [2.75, 3.05) is 19.8 Å². The Bertz CT molecular complexity index is 723. The van der Waals surface area contributed by atoms with Crippen molar-refractivity contribution in [1.29, 1.82) is 0 Å². The van der Waals surface area contributed by atoms with E-state index in [0.717, 1.165) is 11.4 Å². The maximum Gasteiger partial charge on any atom is 0.328 e. The molecule has 1 atom stereocenters. The summed E-state index contributed by atoms with van der Waals surface area (Å²) in [5, 5.41) is 13.4. The van der Waals surface area contributed by atoms with Gasteiger partial charge in [-0.3, -0.25) is 4.79 Å². The molecule has 1 aromatic carbocycles. The van der Waals surface area contributed by atoms with E-state index in [-0.39, 0.29) is 19.1 Å². The predicted molar refractivity (Wildman–Crippen MR) is 81.6 cm³/mol. The summed E-state index contributed by atoms with van der Waals surface area (Å²) in [6.45, 7) is 2.58. The Labute approximate surface area is 133 Å². The van der Waals surface area contributed by atoms with Crippen molar-refractivity contribution < 1.29 is 19.4 Å². The molecule has 1 aromatic heterocycles. The fourth-order valence-corrected chi connectivity index (χ4v) is 2.60. The molecule has 1 aliphatic rings. The number of nitrogens with zero attached hydrogens (tertiary/aromatic N) is 3. The fourth-order valence-electron chi connectivity index (χ4n) is 2.60. The number of rotatable bonds is 3. The van der Waals surface area contributed by atoms with Gasteiger partial charge in [0.15, 0.2) is 6.04 Å². The van der Waals surface area contributed by atoms with Gasteiger partial charge in [0.1, 0.15) is 0 Å². The standard InChI is InChI=1S/C16H17N3O4/c1-11-6-7-17-19(11)13-4-2-12(3-5-13)15(20)18-8-9-23-10-14(18)16(21)22/h2-7,14H,8-10H2,1H3,(H,21,22). The molecule has 1 fully saturated rings. The van der Waals surface area contributed by atoms with E-state index in [4.69, 9.17) is 4.74 Å². The van der Waals surface area contributed by atoms with E-state index < -0.39 is 12.0 Å². The van der Waals surface area contributed by atoms with Gasteiger partial charge in [0, 0.05) is 24.0 Å². The third kappa shape index (κ3) is 2.95. The number of aryl methyl sites for hydroxylation is 1. The molecule has 1 N–H and O–H groups in total. The Morgan fingerprint density at radius 2 is 2.00 bits per heavy atom. The van der Waals surface area contributed by atoms with E-state index in [0.29, 0.717) is 12.2 Å². The van der Waals surface area contributed by atoms with Crippen LogP contribution in [0, 0.1) is 6.92 Å². The highest BCUT2D eigenvalue weighted by atomic mass is 16.5. The third-order valence-electron chi connectivity index (χ3n) is 3.87. The van der Waals surface area contributed by atoms with Crippen molar-refractivity contribution in [1.82, 2.24) is 14.7 Å². The Morgan fingerprint density at radius 3 is 2.61 bits per heavy atom. The van der Waals surface area contributed by atoms with Crippen LogP contribution in [0.25, 0.3) is 5.69 Å². The summed E-state index contributed by atoms with van der Waals surface area (Å²) >= 11 is 0. The van der Waals surface area contributed by atoms with Crippen LogP contribution in [0.5, 0.6) is 0 Å². The first-order valence-corrected chi connectivity index (χ1v) is 7.30. The number of carboxylic acid groups (broad SMARTS) is 1. The lowest BCUT2D eigenvalue weighted by Crippen LogP contribution is -2.52. The van der Waals surface area contributed by atoms with Crippen LogP contribution >= 0.6 is 0 Å². The lowest BCUT2D eigenvalue weighted by Gasteiger charge is -2.32. The summed E-state index contributed by atoms with van der Waals surface area (Å²) in [6.07, 6.45) is 1.71. The van der Waals surface area contributed by atoms with Crippen LogP contribution in [0.2, 0.25) is 0 Å². The molecule has 7 nitrogen and oxygen atoms in total. The van der Waals surface area contributed by atoms with Gasteiger partial charge in [0.25, 0.3) is 5.91 Å². The molecule has 0 aliphatic carbocycles. The minimum atomic E-state index is -1.05. The molecule has 2 aromatic rings. The molecule has 2 heterocycles. The molecule has 1 amide bonds. The normalized spacial score (nSPS) is 18.0. The lowest BCUT2D eigenvalue weighted by molar-refractivity contribution is -0.147. The van der Waals surface area contributed by atoms with Crippen molar-refractivity contribution in [2.45, 2.75) is 13.0 Å². The molecule has 0 spiro atoms. The molecule has 120 valence electrons. The first-order chi connectivity index (χ1) is 11.1. The highest BCUT2D eigenvalue weighted by molar-refractivity contribution is 5.97. The van der Waals surface area contributed by atoms with Crippen LogP contribution in [-0.4, -0.2) is 57.5 Å². The van der Waals surface area contributed by atoms with Gasteiger partial charge in [-0.25, -0.2) is 9.48 Å². The molecular weight excluding hydrogens is 298 g/mol. The van der Waals surface area contributed by atoms with Crippen molar-refractivity contribution in [2.24, 2.45) is 0 Å². The second kappa shape index (κ2) is 6.21. The number of aliphatic carboxylic acids is 1. The Morgan fingerprint density at radius 1 is 1.26 bits per heavy atom. The number of amides is 1. The number of benzene rings is 1. The highest BCUT2D eigenvalue weighted by Crippen LogP contribution is 2.16. The van der Waals surface area contributed by atoms with Crippen molar-refractivity contribution in [3.8, 4) is 5.69 Å². The van der Waals surface area contributed by atoms with Crippen LogP contribution in [0.4, 0.5) is 0 Å². The number of aromatic nitrogens is 2. The second-order valence-corrected chi connectivity index (χ2v) is 5.36. The number of morpholine rings is 1. The van der Waals surface area contributed by atoms with E-state index in [1.807, 2.05) is 13.0 Å². The van der Waals surface area contributed by atoms with E-state index in [1.54, 1.807) is 35.1 Å². The van der Waals surface area contributed by atoms with Crippen LogP contribution < -0.4 is 0 Å². The summed E-state index contributed by atoms with van der Waals surface area (Å²) in [6, 6.07) is 7.92. The number of hydrogen-bond acceptors (Lipinski definition) is 4. The van der Waals surface area contributed by atoms with Gasteiger partial charge in [-0.2, -0.15) is 5.10 Å². The average molecular weight is 315 g/mol. The van der Waals surface area contributed by atoms with E-state index in [1.165, 1.54) is 4.90 Å². The molecule has 1 saturated heterocycles. The largest absolute Gasteiger partial charge is 0.480 e. The van der Waals surface area contributed by atoms with Crippen molar-refractivity contribution in [3.63, 3.8) is 0 Å². The van der Waals surface area contributed by atoms with Gasteiger partial charge in [0.05, 0.1) is 18.9 Å². The molecule has 0 bridgehead atoms. The van der Waals surface area contributed by atoms with E-state index in [9.17, 15) is 14.7 Å². The summed E-state index contributed by atoms with van der Waals surface area (Å²) in [4.78, 5) is 25.2. The van der Waals surface area contributed by atoms with Gasteiger partial charge in [0.2, 0.25) is 0 Å². The van der Waals surface area contributed by atoms with Gasteiger partial charge >= 0.3 is 5.97 Å². The first-order valence-electron chi connectivity index (χ1n) is 7.30. The Hall–Kier alpha value is -2.67. The smallest absolute Gasteiger partial charge is 0.328 e. The second-order valence-electron chi connectivity index (χ2n) is 5.36. The zero-order valence-corrected chi connectivity index (χ0v) is 12.7. The zero-order chi connectivity index (χ0) is 16.4. The van der Waals surface area contributed by atoms with E-state index >= 15 is 0 Å². The number of carbonyl (C=O) groups excluding carboxylic acids is 1. The molecule has 1 aliphatic heterocycles. The molecular formula is C16H17N3O4. The SMILES string of the molecule is Cc1ccnn1-c1ccc(C(=O)N2CCOCC2C(=O)O)cc1. The minimum Gasteiger partial charge on any atom is -0.480 e. The number of hydrogen-bond donors (Lipinski definition) is 1. The average Bonchev–Trinajstić information content (AvgIpc) is 3.00. The van der Waals surface area contributed by atoms with E-state index in [2.05, 4.69) is 5.10 Å². The van der Waals surface area contributed by atoms with Gasteiger partial charge < -0.3 is 14.7 Å². The first kappa shape index (κ1) is 15.2. The summed E-state index contributed by atoms with van der Waals surface area (Å²) < 4.78 is 6.92. The topological polar surface area (TPSA) is 84.7 Å². The van der Waals surface area contributed by atoms with Crippen LogP contribution in [0.1, 0.15) is 16.1 Å². The maximum absolute atomic E-state index is 12.6. The lowest BCUT2D eigenvalue weighted by atomic mass is 10.1. The molecule has 0 radical (unpaired) electrons. The predicted octanol–water partition coefficient (Wildman–Crippen LogP) is 1.11. The maximum atomic E-state index is 12.6. The van der Waals surface area contributed by atoms with Gasteiger partial charge in [-0.15, -0.1) is 0 Å². The molecule has 7 heteroatoms. The van der Waals surface area contributed by atoms with Crippen LogP contribution in [0.15, 0.2) is 36.5 Å².